The third kappa shape index (κ3) is 3.35. The number of aliphatic hydroxyl groups excluding tert-OH is 1. The van der Waals surface area contributed by atoms with Gasteiger partial charge in [-0.2, -0.15) is 0 Å². The van der Waals surface area contributed by atoms with Crippen LogP contribution in [0.5, 0.6) is 0 Å². The van der Waals surface area contributed by atoms with E-state index in [9.17, 15) is 24.9 Å². The van der Waals surface area contributed by atoms with Crippen LogP contribution in [0.25, 0.3) is 5.76 Å². The first-order valence-corrected chi connectivity index (χ1v) is 5.19. The minimum absolute atomic E-state index is 0.0000702. The lowest BCUT2D eigenvalue weighted by Crippen LogP contribution is -2.08. The van der Waals surface area contributed by atoms with E-state index in [0.29, 0.717) is 0 Å². The van der Waals surface area contributed by atoms with Gasteiger partial charge in [0.1, 0.15) is 0 Å². The van der Waals surface area contributed by atoms with Gasteiger partial charge in [0.05, 0.1) is 11.5 Å². The van der Waals surface area contributed by atoms with E-state index in [1.54, 1.807) is 0 Å². The molecule has 0 saturated carbocycles. The minimum Gasteiger partial charge on any atom is -0.505 e. The van der Waals surface area contributed by atoms with Gasteiger partial charge in [0.15, 0.2) is 5.76 Å². The second-order valence-corrected chi connectivity index (χ2v) is 3.32. The standard InChI is InChI=1S/C11H10N2O6/c1-2-19-11(15)9(12-16)10(14)7-4-3-5-8(6-7)13(17)18/h3-6,14H,2H2,1H3/b10-9+. The number of hydrogen-bond acceptors (Lipinski definition) is 7. The summed E-state index contributed by atoms with van der Waals surface area (Å²) in [6.07, 6.45) is 0. The van der Waals surface area contributed by atoms with Gasteiger partial charge in [0, 0.05) is 17.7 Å². The molecule has 8 heteroatoms. The predicted octanol–water partition coefficient (Wildman–Crippen LogP) is 2.15. The molecule has 19 heavy (non-hydrogen) atoms. The van der Waals surface area contributed by atoms with Gasteiger partial charge in [-0.05, 0) is 12.1 Å². The molecule has 0 aliphatic rings. The number of carbonyl (C=O) groups excluding carboxylic acids is 1. The monoisotopic (exact) mass is 266 g/mol. The molecule has 0 aromatic heterocycles. The SMILES string of the molecule is CCOC(=O)/C(N=O)=C(\O)c1cccc([N+](=O)[O-])c1. The summed E-state index contributed by atoms with van der Waals surface area (Å²) in [6.45, 7) is 1.52. The molecule has 0 radical (unpaired) electrons. The summed E-state index contributed by atoms with van der Waals surface area (Å²) in [5, 5.41) is 22.7. The summed E-state index contributed by atoms with van der Waals surface area (Å²) in [5.74, 6) is -1.86. The lowest BCUT2D eigenvalue weighted by molar-refractivity contribution is -0.384. The Hall–Kier alpha value is -2.77. The summed E-state index contributed by atoms with van der Waals surface area (Å²) in [6, 6.07) is 4.82. The molecule has 0 saturated heterocycles. The quantitative estimate of drug-likeness (QED) is 0.218. The Bertz CT molecular complexity index is 552. The molecule has 0 fully saturated rings. The van der Waals surface area contributed by atoms with Crippen molar-refractivity contribution in [2.45, 2.75) is 6.92 Å². The molecule has 0 aliphatic carbocycles. The second-order valence-electron chi connectivity index (χ2n) is 3.32. The molecule has 0 aliphatic heterocycles. The predicted molar refractivity (Wildman–Crippen MR) is 65.1 cm³/mol. The van der Waals surface area contributed by atoms with E-state index in [1.807, 2.05) is 0 Å². The molecule has 0 atom stereocenters. The molecule has 0 amide bonds. The number of rotatable bonds is 5. The number of esters is 1. The molecule has 8 nitrogen and oxygen atoms in total. The Morgan fingerprint density at radius 2 is 2.21 bits per heavy atom. The van der Waals surface area contributed by atoms with E-state index in [4.69, 9.17) is 0 Å². The van der Waals surface area contributed by atoms with E-state index in [2.05, 4.69) is 9.91 Å². The van der Waals surface area contributed by atoms with E-state index in [0.717, 1.165) is 6.07 Å². The van der Waals surface area contributed by atoms with Gasteiger partial charge in [-0.1, -0.05) is 12.1 Å². The van der Waals surface area contributed by atoms with E-state index < -0.39 is 22.3 Å². The number of non-ortho nitro benzene ring substituents is 1. The first-order chi connectivity index (χ1) is 9.01. The molecule has 0 heterocycles. The molecule has 100 valence electrons. The van der Waals surface area contributed by atoms with Crippen molar-refractivity contribution in [3.63, 3.8) is 0 Å². The molecular weight excluding hydrogens is 256 g/mol. The van der Waals surface area contributed by atoms with Crippen molar-refractivity contribution < 1.29 is 19.6 Å². The van der Waals surface area contributed by atoms with Crippen LogP contribution in [0.1, 0.15) is 12.5 Å². The lowest BCUT2D eigenvalue weighted by atomic mass is 10.1. The van der Waals surface area contributed by atoms with Crippen LogP contribution in [0.15, 0.2) is 35.1 Å². The number of nitro benzene ring substituents is 1. The highest BCUT2D eigenvalue weighted by molar-refractivity contribution is 5.95. The number of nitrogens with zero attached hydrogens (tertiary/aromatic N) is 2. The molecule has 0 bridgehead atoms. The molecular formula is C11H10N2O6. The fraction of sp³-hybridized carbons (Fsp3) is 0.182. The van der Waals surface area contributed by atoms with Crippen LogP contribution in [-0.4, -0.2) is 22.6 Å². The summed E-state index contributed by atoms with van der Waals surface area (Å²) < 4.78 is 4.53. The van der Waals surface area contributed by atoms with E-state index in [-0.39, 0.29) is 17.9 Å². The third-order valence-electron chi connectivity index (χ3n) is 2.11. The number of benzene rings is 1. The van der Waals surface area contributed by atoms with Gasteiger partial charge in [0.2, 0.25) is 5.70 Å². The maximum Gasteiger partial charge on any atom is 0.364 e. The topological polar surface area (TPSA) is 119 Å². The van der Waals surface area contributed by atoms with Crippen LogP contribution in [0, 0.1) is 15.0 Å². The molecule has 0 unspecified atom stereocenters. The Balaban J connectivity index is 3.25. The third-order valence-corrected chi connectivity index (χ3v) is 2.11. The summed E-state index contributed by atoms with van der Waals surface area (Å²) in [4.78, 5) is 31.8. The Labute approximate surface area is 107 Å². The molecule has 1 N–H and O–H groups in total. The zero-order chi connectivity index (χ0) is 14.4. The van der Waals surface area contributed by atoms with Crippen molar-refractivity contribution in [3.05, 3.63) is 50.5 Å². The number of hydrogen-bond donors (Lipinski definition) is 1. The Morgan fingerprint density at radius 1 is 1.53 bits per heavy atom. The van der Waals surface area contributed by atoms with Gasteiger partial charge in [-0.15, -0.1) is 4.91 Å². The van der Waals surface area contributed by atoms with Crippen LogP contribution >= 0.6 is 0 Å². The van der Waals surface area contributed by atoms with Gasteiger partial charge in [-0.25, -0.2) is 4.79 Å². The zero-order valence-corrected chi connectivity index (χ0v) is 9.90. The highest BCUT2D eigenvalue weighted by Gasteiger charge is 2.20. The summed E-state index contributed by atoms with van der Waals surface area (Å²) in [5.41, 5.74) is -1.20. The van der Waals surface area contributed by atoms with Crippen LogP contribution in [0.4, 0.5) is 5.69 Å². The van der Waals surface area contributed by atoms with Crippen molar-refractivity contribution in [2.24, 2.45) is 5.18 Å². The highest BCUT2D eigenvalue weighted by atomic mass is 16.6. The number of ether oxygens (including phenoxy) is 1. The fourth-order valence-electron chi connectivity index (χ4n) is 1.28. The van der Waals surface area contributed by atoms with Crippen LogP contribution in [-0.2, 0) is 9.53 Å². The van der Waals surface area contributed by atoms with Crippen molar-refractivity contribution >= 4 is 17.4 Å². The maximum absolute atomic E-state index is 11.3. The molecule has 1 aromatic rings. The molecule has 1 aromatic carbocycles. The summed E-state index contributed by atoms with van der Waals surface area (Å²) in [7, 11) is 0. The normalized spacial score (nSPS) is 11.4. The van der Waals surface area contributed by atoms with Crippen molar-refractivity contribution in [3.8, 4) is 0 Å². The molecule has 1 rings (SSSR count). The smallest absolute Gasteiger partial charge is 0.364 e. The lowest BCUT2D eigenvalue weighted by Gasteiger charge is -2.04. The largest absolute Gasteiger partial charge is 0.505 e. The van der Waals surface area contributed by atoms with E-state index in [1.165, 1.54) is 25.1 Å². The average Bonchev–Trinajstić information content (AvgIpc) is 2.39. The average molecular weight is 266 g/mol. The van der Waals surface area contributed by atoms with Crippen molar-refractivity contribution in [1.82, 2.24) is 0 Å². The van der Waals surface area contributed by atoms with Crippen LogP contribution < -0.4 is 0 Å². The van der Waals surface area contributed by atoms with Crippen LogP contribution in [0.3, 0.4) is 0 Å². The maximum atomic E-state index is 11.3. The first kappa shape index (κ1) is 14.3. The van der Waals surface area contributed by atoms with Gasteiger partial charge in [0.25, 0.3) is 5.69 Å². The van der Waals surface area contributed by atoms with Crippen molar-refractivity contribution in [2.75, 3.05) is 6.61 Å². The second kappa shape index (κ2) is 6.24. The Morgan fingerprint density at radius 3 is 2.74 bits per heavy atom. The number of aliphatic hydroxyl groups is 1. The van der Waals surface area contributed by atoms with Crippen molar-refractivity contribution in [1.29, 1.82) is 0 Å². The molecule has 0 spiro atoms. The summed E-state index contributed by atoms with van der Waals surface area (Å²) >= 11 is 0. The van der Waals surface area contributed by atoms with Gasteiger partial charge in [-0.3, -0.25) is 10.1 Å². The first-order valence-electron chi connectivity index (χ1n) is 5.19. The number of carbonyl (C=O) groups is 1. The van der Waals surface area contributed by atoms with Crippen LogP contribution in [0.2, 0.25) is 0 Å². The van der Waals surface area contributed by atoms with Gasteiger partial charge >= 0.3 is 5.97 Å². The number of nitroso groups, excluding NO2 is 1. The minimum atomic E-state index is -1.10. The number of nitro groups is 1. The van der Waals surface area contributed by atoms with E-state index >= 15 is 0 Å². The Kier molecular flexibility index (Phi) is 4.69. The highest BCUT2D eigenvalue weighted by Crippen LogP contribution is 2.22. The zero-order valence-electron chi connectivity index (χ0n) is 9.90. The fourth-order valence-corrected chi connectivity index (χ4v) is 1.28. The van der Waals surface area contributed by atoms with Gasteiger partial charge < -0.3 is 9.84 Å².